The number of nitrogens with zero attached hydrogens (tertiary/aromatic N) is 5. The number of aromatic nitrogens is 5. The molecule has 1 aliphatic carbocycles. The number of nitrogens with two attached hydrogens (primary N) is 2. The van der Waals surface area contributed by atoms with E-state index in [4.69, 9.17) is 16.0 Å². The minimum atomic E-state index is -0.583. The number of hydrogen-bond donors (Lipinski definition) is 2. The van der Waals surface area contributed by atoms with E-state index in [2.05, 4.69) is 37.2 Å². The van der Waals surface area contributed by atoms with Gasteiger partial charge in [-0.15, -0.1) is 0 Å². The van der Waals surface area contributed by atoms with Crippen LogP contribution in [-0.2, 0) is 5.41 Å². The second-order valence-corrected chi connectivity index (χ2v) is 7.56. The zero-order chi connectivity index (χ0) is 21.4. The number of hydrogen-bond acceptors (Lipinski definition) is 8. The van der Waals surface area contributed by atoms with Crippen LogP contribution in [0.4, 0.5) is 5.95 Å². The van der Waals surface area contributed by atoms with E-state index in [9.17, 15) is 4.79 Å². The molecule has 4 N–H and O–H groups in total. The van der Waals surface area contributed by atoms with E-state index in [-0.39, 0.29) is 17.1 Å². The SMILES string of the molecule is NC(=O)c1ccc(-c2nc(C3(c4ccc(-c5cnc(N)nc5)cc4)CCC3)no2)cn1. The van der Waals surface area contributed by atoms with E-state index in [1.165, 1.54) is 6.20 Å². The molecule has 5 rings (SSSR count). The first-order valence-corrected chi connectivity index (χ1v) is 9.84. The standard InChI is InChI=1S/C22H19N7O2/c23-18(30)17-7-4-14(10-25-17)19-28-20(29-31-19)22(8-1-9-22)16-5-2-13(3-6-16)15-11-26-21(24)27-12-15/h2-7,10-12H,1,8-9H2,(H2,23,30)(H2,24,26,27). The van der Waals surface area contributed by atoms with Gasteiger partial charge in [-0.1, -0.05) is 35.8 Å². The number of primary amides is 1. The molecule has 0 radical (unpaired) electrons. The summed E-state index contributed by atoms with van der Waals surface area (Å²) in [5.74, 6) is 0.679. The van der Waals surface area contributed by atoms with Crippen LogP contribution in [0.25, 0.3) is 22.6 Å². The molecule has 1 aromatic carbocycles. The van der Waals surface area contributed by atoms with Crippen molar-refractivity contribution in [2.75, 3.05) is 5.73 Å². The first kappa shape index (κ1) is 18.9. The molecule has 3 aromatic heterocycles. The molecule has 1 fully saturated rings. The Hall–Kier alpha value is -4.14. The lowest BCUT2D eigenvalue weighted by Gasteiger charge is -2.39. The highest BCUT2D eigenvalue weighted by Gasteiger charge is 2.44. The van der Waals surface area contributed by atoms with Gasteiger partial charge in [-0.2, -0.15) is 4.98 Å². The predicted octanol–water partition coefficient (Wildman–Crippen LogP) is 2.74. The van der Waals surface area contributed by atoms with Gasteiger partial charge in [0.2, 0.25) is 5.95 Å². The molecule has 0 unspecified atom stereocenters. The van der Waals surface area contributed by atoms with Gasteiger partial charge in [-0.25, -0.2) is 9.97 Å². The number of pyridine rings is 1. The highest BCUT2D eigenvalue weighted by atomic mass is 16.5. The molecule has 1 amide bonds. The number of carbonyl (C=O) groups excluding carboxylic acids is 1. The number of benzene rings is 1. The van der Waals surface area contributed by atoms with Crippen molar-refractivity contribution in [1.29, 1.82) is 0 Å². The zero-order valence-electron chi connectivity index (χ0n) is 16.5. The first-order chi connectivity index (χ1) is 15.0. The van der Waals surface area contributed by atoms with Crippen molar-refractivity contribution in [2.45, 2.75) is 24.7 Å². The molecule has 4 aromatic rings. The van der Waals surface area contributed by atoms with Gasteiger partial charge in [-0.3, -0.25) is 9.78 Å². The normalized spacial score (nSPS) is 14.7. The summed E-state index contributed by atoms with van der Waals surface area (Å²) in [5.41, 5.74) is 14.4. The molecule has 1 saturated carbocycles. The summed E-state index contributed by atoms with van der Waals surface area (Å²) in [5, 5.41) is 4.27. The van der Waals surface area contributed by atoms with Crippen molar-refractivity contribution in [3.05, 3.63) is 72.1 Å². The van der Waals surface area contributed by atoms with Crippen LogP contribution in [0, 0.1) is 0 Å². The van der Waals surface area contributed by atoms with E-state index in [0.717, 1.165) is 36.0 Å². The van der Waals surface area contributed by atoms with Crippen LogP contribution in [0.3, 0.4) is 0 Å². The minimum Gasteiger partial charge on any atom is -0.368 e. The highest BCUT2D eigenvalue weighted by Crippen LogP contribution is 2.48. The van der Waals surface area contributed by atoms with Gasteiger partial charge in [0, 0.05) is 24.2 Å². The fraction of sp³-hybridized carbons (Fsp3) is 0.182. The smallest absolute Gasteiger partial charge is 0.267 e. The Kier molecular flexibility index (Phi) is 4.43. The Morgan fingerprint density at radius 3 is 2.16 bits per heavy atom. The van der Waals surface area contributed by atoms with Crippen LogP contribution in [0.15, 0.2) is 59.5 Å². The molecule has 31 heavy (non-hydrogen) atoms. The van der Waals surface area contributed by atoms with E-state index in [1.807, 2.05) is 12.1 Å². The van der Waals surface area contributed by atoms with Gasteiger partial charge in [0.25, 0.3) is 11.8 Å². The lowest BCUT2D eigenvalue weighted by molar-refractivity contribution is 0.0995. The fourth-order valence-corrected chi connectivity index (χ4v) is 3.84. The van der Waals surface area contributed by atoms with Gasteiger partial charge in [0.1, 0.15) is 5.69 Å². The Labute approximate surface area is 177 Å². The van der Waals surface area contributed by atoms with Crippen molar-refractivity contribution >= 4 is 11.9 Å². The van der Waals surface area contributed by atoms with Crippen LogP contribution < -0.4 is 11.5 Å². The summed E-state index contributed by atoms with van der Waals surface area (Å²) in [7, 11) is 0. The largest absolute Gasteiger partial charge is 0.368 e. The fourth-order valence-electron chi connectivity index (χ4n) is 3.84. The van der Waals surface area contributed by atoms with Crippen molar-refractivity contribution < 1.29 is 9.32 Å². The second kappa shape index (κ2) is 7.28. The number of nitrogen functional groups attached to an aromatic ring is 1. The summed E-state index contributed by atoms with van der Waals surface area (Å²) in [4.78, 5) is 28.0. The third-order valence-corrected chi connectivity index (χ3v) is 5.77. The Balaban J connectivity index is 1.43. The molecule has 1 aliphatic rings. The summed E-state index contributed by atoms with van der Waals surface area (Å²) >= 11 is 0. The molecular weight excluding hydrogens is 394 g/mol. The third kappa shape index (κ3) is 3.29. The van der Waals surface area contributed by atoms with Crippen LogP contribution in [0.1, 0.15) is 41.1 Å². The number of amides is 1. The molecular formula is C22H19N7O2. The maximum Gasteiger partial charge on any atom is 0.267 e. The van der Waals surface area contributed by atoms with Crippen molar-refractivity contribution in [1.82, 2.24) is 25.1 Å². The molecule has 154 valence electrons. The average molecular weight is 413 g/mol. The number of carbonyl (C=O) groups is 1. The van der Waals surface area contributed by atoms with Gasteiger partial charge >= 0.3 is 0 Å². The molecule has 3 heterocycles. The van der Waals surface area contributed by atoms with Crippen molar-refractivity contribution in [2.24, 2.45) is 5.73 Å². The maximum absolute atomic E-state index is 11.2. The predicted molar refractivity (Wildman–Crippen MR) is 113 cm³/mol. The molecule has 9 heteroatoms. The average Bonchev–Trinajstić information content (AvgIpc) is 3.24. The van der Waals surface area contributed by atoms with Crippen LogP contribution in [0.2, 0.25) is 0 Å². The van der Waals surface area contributed by atoms with Gasteiger partial charge in [-0.05, 0) is 36.1 Å². The van der Waals surface area contributed by atoms with Crippen molar-refractivity contribution in [3.8, 4) is 22.6 Å². The van der Waals surface area contributed by atoms with Crippen LogP contribution in [-0.4, -0.2) is 31.0 Å². The topological polar surface area (TPSA) is 147 Å². The lowest BCUT2D eigenvalue weighted by atomic mass is 9.64. The highest BCUT2D eigenvalue weighted by molar-refractivity contribution is 5.90. The Morgan fingerprint density at radius 2 is 1.58 bits per heavy atom. The summed E-state index contributed by atoms with van der Waals surface area (Å²) < 4.78 is 5.51. The Morgan fingerprint density at radius 1 is 0.903 bits per heavy atom. The lowest BCUT2D eigenvalue weighted by Crippen LogP contribution is -2.36. The Bertz CT molecular complexity index is 1230. The zero-order valence-corrected chi connectivity index (χ0v) is 16.5. The first-order valence-electron chi connectivity index (χ1n) is 9.84. The third-order valence-electron chi connectivity index (χ3n) is 5.77. The maximum atomic E-state index is 11.2. The molecule has 0 spiro atoms. The molecule has 0 atom stereocenters. The molecule has 0 bridgehead atoms. The van der Waals surface area contributed by atoms with E-state index in [0.29, 0.717) is 17.3 Å². The van der Waals surface area contributed by atoms with Crippen LogP contribution in [0.5, 0.6) is 0 Å². The van der Waals surface area contributed by atoms with Crippen LogP contribution >= 0.6 is 0 Å². The van der Waals surface area contributed by atoms with E-state index >= 15 is 0 Å². The summed E-state index contributed by atoms with van der Waals surface area (Å²) in [6, 6.07) is 11.5. The van der Waals surface area contributed by atoms with Gasteiger partial charge in [0.05, 0.1) is 11.0 Å². The quantitative estimate of drug-likeness (QED) is 0.507. The second-order valence-electron chi connectivity index (χ2n) is 7.56. The minimum absolute atomic E-state index is 0.186. The van der Waals surface area contributed by atoms with E-state index < -0.39 is 5.91 Å². The van der Waals surface area contributed by atoms with Gasteiger partial charge < -0.3 is 16.0 Å². The monoisotopic (exact) mass is 413 g/mol. The van der Waals surface area contributed by atoms with E-state index in [1.54, 1.807) is 24.5 Å². The van der Waals surface area contributed by atoms with Gasteiger partial charge in [0.15, 0.2) is 5.82 Å². The summed E-state index contributed by atoms with van der Waals surface area (Å²) in [6.45, 7) is 0. The molecule has 9 nitrogen and oxygen atoms in total. The number of anilines is 1. The van der Waals surface area contributed by atoms with Crippen molar-refractivity contribution in [3.63, 3.8) is 0 Å². The molecule has 0 saturated heterocycles. The molecule has 0 aliphatic heterocycles. The number of rotatable bonds is 5. The summed E-state index contributed by atoms with van der Waals surface area (Å²) in [6.07, 6.45) is 7.89.